The molecule has 1 N–H and O–H groups in total. The zero-order chi connectivity index (χ0) is 19.6. The van der Waals surface area contributed by atoms with E-state index in [4.69, 9.17) is 14.2 Å². The summed E-state index contributed by atoms with van der Waals surface area (Å²) in [6.45, 7) is 15.5. The Labute approximate surface area is 149 Å². The highest BCUT2D eigenvalue weighted by Gasteiger charge is 2.45. The summed E-state index contributed by atoms with van der Waals surface area (Å²) >= 11 is 0. The predicted molar refractivity (Wildman–Crippen MR) is 93.7 cm³/mol. The molecule has 1 amide bonds. The Morgan fingerprint density at radius 2 is 1.48 bits per heavy atom. The van der Waals surface area contributed by atoms with Gasteiger partial charge in [0.2, 0.25) is 0 Å². The van der Waals surface area contributed by atoms with Gasteiger partial charge in [0.25, 0.3) is 5.79 Å². The molecule has 0 saturated carbocycles. The van der Waals surface area contributed by atoms with Gasteiger partial charge in [0.05, 0.1) is 6.61 Å². The maximum absolute atomic E-state index is 12.1. The van der Waals surface area contributed by atoms with Crippen molar-refractivity contribution in [2.45, 2.75) is 65.7 Å². The Hall–Kier alpha value is -2.31. The lowest BCUT2D eigenvalue weighted by atomic mass is 10.0. The van der Waals surface area contributed by atoms with Gasteiger partial charge >= 0.3 is 18.0 Å². The molecule has 1 unspecified atom stereocenters. The predicted octanol–water partition coefficient (Wildman–Crippen LogP) is 3.25. The fourth-order valence-electron chi connectivity index (χ4n) is 1.88. The minimum atomic E-state index is -1.69. The maximum Gasteiger partial charge on any atom is 0.407 e. The molecule has 0 aromatic rings. The summed E-state index contributed by atoms with van der Waals surface area (Å²) in [5, 5.41) is 2.55. The summed E-state index contributed by atoms with van der Waals surface area (Å²) in [4.78, 5) is 36.0. The van der Waals surface area contributed by atoms with Crippen LogP contribution in [0.25, 0.3) is 0 Å². The highest BCUT2D eigenvalue weighted by Crippen LogP contribution is 2.27. The highest BCUT2D eigenvalue weighted by molar-refractivity contribution is 5.89. The highest BCUT2D eigenvalue weighted by atomic mass is 16.7. The molecular weight excluding hydrogens is 326 g/mol. The van der Waals surface area contributed by atoms with Gasteiger partial charge in [-0.15, -0.1) is 0 Å². The second kappa shape index (κ2) is 10.5. The van der Waals surface area contributed by atoms with Gasteiger partial charge in [0.15, 0.2) is 0 Å². The first-order chi connectivity index (χ1) is 11.6. The van der Waals surface area contributed by atoms with Gasteiger partial charge < -0.3 is 19.5 Å². The molecule has 7 heteroatoms. The number of carbonyl (C=O) groups is 3. The molecule has 0 radical (unpaired) electrons. The Morgan fingerprint density at radius 3 is 1.84 bits per heavy atom. The van der Waals surface area contributed by atoms with E-state index in [1.54, 1.807) is 6.92 Å². The molecule has 0 saturated heterocycles. The van der Waals surface area contributed by atoms with Crippen molar-refractivity contribution in [2.75, 3.05) is 6.61 Å². The summed E-state index contributed by atoms with van der Waals surface area (Å²) < 4.78 is 15.8. The van der Waals surface area contributed by atoms with Crippen LogP contribution in [0.5, 0.6) is 0 Å². The molecule has 1 atom stereocenters. The first-order valence-electron chi connectivity index (χ1n) is 8.30. The largest absolute Gasteiger partial charge is 0.450 e. The molecule has 0 heterocycles. The second-order valence-electron chi connectivity index (χ2n) is 5.90. The van der Waals surface area contributed by atoms with E-state index in [2.05, 4.69) is 18.5 Å². The Balaban J connectivity index is 5.58. The van der Waals surface area contributed by atoms with E-state index in [0.29, 0.717) is 12.8 Å². The fourth-order valence-corrected chi connectivity index (χ4v) is 1.88. The number of ether oxygens (including phenoxy) is 3. The molecule has 25 heavy (non-hydrogen) atoms. The fraction of sp³-hybridized carbons (Fsp3) is 0.611. The lowest BCUT2D eigenvalue weighted by molar-refractivity contribution is -0.235. The van der Waals surface area contributed by atoms with Crippen LogP contribution in [-0.4, -0.2) is 36.5 Å². The lowest BCUT2D eigenvalue weighted by Crippen LogP contribution is -2.56. The average Bonchev–Trinajstić information content (AvgIpc) is 2.52. The van der Waals surface area contributed by atoms with Gasteiger partial charge in [-0.1, -0.05) is 27.0 Å². The first-order valence-corrected chi connectivity index (χ1v) is 8.30. The van der Waals surface area contributed by atoms with E-state index < -0.39 is 29.9 Å². The molecular formula is C18H29NO6. The third-order valence-corrected chi connectivity index (χ3v) is 3.26. The van der Waals surface area contributed by atoms with Crippen LogP contribution in [0.4, 0.5) is 4.79 Å². The van der Waals surface area contributed by atoms with Crippen LogP contribution in [0, 0.1) is 0 Å². The molecule has 142 valence electrons. The first kappa shape index (κ1) is 22.7. The molecule has 0 aliphatic heterocycles. The molecule has 0 spiro atoms. The van der Waals surface area contributed by atoms with Crippen LogP contribution < -0.4 is 5.32 Å². The minimum absolute atomic E-state index is 0.146. The Morgan fingerprint density at radius 1 is 1.00 bits per heavy atom. The molecule has 0 aromatic heterocycles. The number of esters is 2. The standard InChI is InChI=1S/C18H29NO6/c1-8-10-18(24-15(20)12(3)4,25-16(21)13(5)6)14(7)19-17(22)23-11-9-2/h14H,3,5,8-11H2,1-2,4,6-7H3,(H,19,22). The van der Waals surface area contributed by atoms with Crippen molar-refractivity contribution in [3.05, 3.63) is 24.3 Å². The van der Waals surface area contributed by atoms with Crippen molar-refractivity contribution >= 4 is 18.0 Å². The molecule has 0 aliphatic rings. The van der Waals surface area contributed by atoms with Crippen LogP contribution in [0.3, 0.4) is 0 Å². The SMILES string of the molecule is C=C(C)C(=O)OC(CCC)(OC(=O)C(=C)C)C(C)NC(=O)OCCC. The number of hydrogen-bond acceptors (Lipinski definition) is 6. The summed E-state index contributed by atoms with van der Waals surface area (Å²) in [6.07, 6.45) is 0.688. The molecule has 0 aromatic carbocycles. The molecule has 0 rings (SSSR count). The third-order valence-electron chi connectivity index (χ3n) is 3.26. The average molecular weight is 355 g/mol. The lowest BCUT2D eigenvalue weighted by Gasteiger charge is -2.37. The van der Waals surface area contributed by atoms with Gasteiger partial charge in [0, 0.05) is 17.6 Å². The van der Waals surface area contributed by atoms with Crippen LogP contribution in [0.15, 0.2) is 24.3 Å². The van der Waals surface area contributed by atoms with E-state index >= 15 is 0 Å². The topological polar surface area (TPSA) is 90.9 Å². The van der Waals surface area contributed by atoms with Crippen molar-refractivity contribution in [1.82, 2.24) is 5.32 Å². The van der Waals surface area contributed by atoms with Gasteiger partial charge in [-0.05, 0) is 33.6 Å². The van der Waals surface area contributed by atoms with Gasteiger partial charge in [0.1, 0.15) is 6.04 Å². The van der Waals surface area contributed by atoms with E-state index in [1.807, 2.05) is 13.8 Å². The number of hydrogen-bond donors (Lipinski definition) is 1. The third kappa shape index (κ3) is 7.41. The number of nitrogens with one attached hydrogen (secondary N) is 1. The second-order valence-corrected chi connectivity index (χ2v) is 5.90. The van der Waals surface area contributed by atoms with Gasteiger partial charge in [-0.2, -0.15) is 0 Å². The van der Waals surface area contributed by atoms with Crippen LogP contribution in [-0.2, 0) is 23.8 Å². The van der Waals surface area contributed by atoms with E-state index in [9.17, 15) is 14.4 Å². The van der Waals surface area contributed by atoms with Crippen LogP contribution in [0.2, 0.25) is 0 Å². The minimum Gasteiger partial charge on any atom is -0.450 e. The van der Waals surface area contributed by atoms with Crippen molar-refractivity contribution in [3.8, 4) is 0 Å². The van der Waals surface area contributed by atoms with E-state index in [0.717, 1.165) is 0 Å². The van der Waals surface area contributed by atoms with Gasteiger partial charge in [-0.25, -0.2) is 14.4 Å². The number of rotatable bonds is 10. The van der Waals surface area contributed by atoms with Crippen molar-refractivity contribution in [1.29, 1.82) is 0 Å². The molecule has 0 fully saturated rings. The molecule has 0 aliphatic carbocycles. The van der Waals surface area contributed by atoms with Gasteiger partial charge in [-0.3, -0.25) is 0 Å². The number of alkyl carbamates (subject to hydrolysis) is 1. The zero-order valence-corrected chi connectivity index (χ0v) is 15.8. The zero-order valence-electron chi connectivity index (χ0n) is 15.8. The van der Waals surface area contributed by atoms with Crippen molar-refractivity contribution < 1.29 is 28.6 Å². The van der Waals surface area contributed by atoms with Crippen LogP contribution in [0.1, 0.15) is 53.9 Å². The smallest absolute Gasteiger partial charge is 0.407 e. The van der Waals surface area contributed by atoms with Crippen molar-refractivity contribution in [2.24, 2.45) is 0 Å². The Bertz CT molecular complexity index is 498. The Kier molecular flexibility index (Phi) is 9.56. The molecule has 7 nitrogen and oxygen atoms in total. The summed E-state index contributed by atoms with van der Waals surface area (Å²) in [5.41, 5.74) is 0.292. The monoisotopic (exact) mass is 355 g/mol. The molecule has 0 bridgehead atoms. The number of carbonyl (C=O) groups excluding carboxylic acids is 3. The number of amides is 1. The quantitative estimate of drug-likeness (QED) is 0.367. The summed E-state index contributed by atoms with van der Waals surface area (Å²) in [7, 11) is 0. The van der Waals surface area contributed by atoms with Crippen molar-refractivity contribution in [3.63, 3.8) is 0 Å². The summed E-state index contributed by atoms with van der Waals surface area (Å²) in [5.74, 6) is -3.14. The summed E-state index contributed by atoms with van der Waals surface area (Å²) in [6, 6.07) is -0.844. The van der Waals surface area contributed by atoms with Crippen LogP contribution >= 0.6 is 0 Å². The van der Waals surface area contributed by atoms with E-state index in [1.165, 1.54) is 13.8 Å². The maximum atomic E-state index is 12.1. The van der Waals surface area contributed by atoms with E-state index in [-0.39, 0.29) is 24.2 Å². The normalized spacial score (nSPS) is 11.9.